The normalized spacial score (nSPS) is 11.6. The van der Waals surface area contributed by atoms with E-state index in [1.54, 1.807) is 0 Å². The Morgan fingerprint density at radius 2 is 1.29 bits per heavy atom. The zero-order chi connectivity index (χ0) is 23.2. The molecule has 0 heterocycles. The minimum atomic E-state index is -0.347. The number of unbranched alkanes of at least 4 members (excludes halogenated alkanes) is 10. The van der Waals surface area contributed by atoms with E-state index in [9.17, 15) is 9.59 Å². The number of hydrogen-bond donors (Lipinski definition) is 0. The lowest BCUT2D eigenvalue weighted by atomic mass is 10.1. The van der Waals surface area contributed by atoms with Crippen molar-refractivity contribution in [2.45, 2.75) is 137 Å². The summed E-state index contributed by atoms with van der Waals surface area (Å²) in [6.45, 7) is 8.88. The van der Waals surface area contributed by atoms with Crippen LogP contribution in [0.5, 0.6) is 0 Å². The molecule has 0 aliphatic carbocycles. The molecular formula is C27H48O4. The molecule has 0 aromatic rings. The molecule has 0 radical (unpaired) electrons. The molecule has 1 unspecified atom stereocenters. The quantitative estimate of drug-likeness (QED) is 0.120. The van der Waals surface area contributed by atoms with Gasteiger partial charge in [-0.15, -0.1) is 0 Å². The highest BCUT2D eigenvalue weighted by atomic mass is 16.5. The molecule has 0 amide bonds. The Morgan fingerprint density at radius 3 is 1.84 bits per heavy atom. The van der Waals surface area contributed by atoms with Crippen molar-refractivity contribution in [2.24, 2.45) is 5.92 Å². The van der Waals surface area contributed by atoms with Gasteiger partial charge in [-0.3, -0.25) is 9.59 Å². The first-order valence-corrected chi connectivity index (χ1v) is 12.8. The second kappa shape index (κ2) is 21.7. The zero-order valence-electron chi connectivity index (χ0n) is 20.8. The van der Waals surface area contributed by atoms with Crippen LogP contribution in [0.25, 0.3) is 0 Å². The summed E-state index contributed by atoms with van der Waals surface area (Å²) < 4.78 is 10.7. The summed E-state index contributed by atoms with van der Waals surface area (Å²) in [5.74, 6) is 5.91. The third-order valence-corrected chi connectivity index (χ3v) is 5.17. The Labute approximate surface area is 192 Å². The summed E-state index contributed by atoms with van der Waals surface area (Å²) in [6.07, 6.45) is 16.1. The first-order valence-electron chi connectivity index (χ1n) is 12.8. The lowest BCUT2D eigenvalue weighted by molar-refractivity contribution is -0.147. The first-order chi connectivity index (χ1) is 15.0. The lowest BCUT2D eigenvalue weighted by Gasteiger charge is -2.14. The first kappa shape index (κ1) is 29.5. The molecule has 0 aliphatic rings. The van der Waals surface area contributed by atoms with Crippen LogP contribution in [0.3, 0.4) is 0 Å². The summed E-state index contributed by atoms with van der Waals surface area (Å²) in [5.41, 5.74) is 0. The summed E-state index contributed by atoms with van der Waals surface area (Å²) in [5, 5.41) is 0. The van der Waals surface area contributed by atoms with Gasteiger partial charge in [-0.25, -0.2) is 0 Å². The van der Waals surface area contributed by atoms with Crippen LogP contribution >= 0.6 is 0 Å². The van der Waals surface area contributed by atoms with Crippen LogP contribution in [0.1, 0.15) is 130 Å². The molecule has 180 valence electrons. The molecule has 0 aromatic heterocycles. The molecule has 0 rings (SSSR count). The summed E-state index contributed by atoms with van der Waals surface area (Å²) >= 11 is 0. The predicted molar refractivity (Wildman–Crippen MR) is 129 cm³/mol. The second-order valence-corrected chi connectivity index (χ2v) is 8.89. The monoisotopic (exact) mass is 436 g/mol. The van der Waals surface area contributed by atoms with Gasteiger partial charge in [0.2, 0.25) is 0 Å². The molecule has 0 fully saturated rings. The van der Waals surface area contributed by atoms with Crippen LogP contribution in [0, 0.1) is 17.8 Å². The number of hydrogen-bond acceptors (Lipinski definition) is 4. The van der Waals surface area contributed by atoms with Crippen molar-refractivity contribution in [2.75, 3.05) is 6.61 Å². The van der Waals surface area contributed by atoms with E-state index in [0.717, 1.165) is 25.7 Å². The van der Waals surface area contributed by atoms with Gasteiger partial charge in [-0.2, -0.15) is 0 Å². The van der Waals surface area contributed by atoms with Crippen LogP contribution in [0.4, 0.5) is 0 Å². The molecule has 0 N–H and O–H groups in total. The average molecular weight is 437 g/mol. The lowest BCUT2D eigenvalue weighted by Crippen LogP contribution is -2.19. The number of carbonyl (C=O) groups is 2. The molecule has 0 bridgehead atoms. The third-order valence-electron chi connectivity index (χ3n) is 5.17. The average Bonchev–Trinajstić information content (AvgIpc) is 2.72. The Kier molecular flexibility index (Phi) is 20.7. The van der Waals surface area contributed by atoms with Gasteiger partial charge < -0.3 is 9.47 Å². The largest absolute Gasteiger partial charge is 0.466 e. The number of carbonyl (C=O) groups excluding carboxylic acids is 2. The zero-order valence-corrected chi connectivity index (χ0v) is 20.8. The van der Waals surface area contributed by atoms with E-state index in [4.69, 9.17) is 9.47 Å². The van der Waals surface area contributed by atoms with E-state index in [0.29, 0.717) is 18.9 Å². The van der Waals surface area contributed by atoms with Crippen molar-refractivity contribution >= 4 is 11.9 Å². The van der Waals surface area contributed by atoms with Gasteiger partial charge in [0, 0.05) is 19.3 Å². The topological polar surface area (TPSA) is 52.6 Å². The van der Waals surface area contributed by atoms with Crippen molar-refractivity contribution in [1.82, 2.24) is 0 Å². The molecule has 4 nitrogen and oxygen atoms in total. The van der Waals surface area contributed by atoms with Crippen LogP contribution in [0.2, 0.25) is 0 Å². The molecule has 0 aromatic carbocycles. The fourth-order valence-corrected chi connectivity index (χ4v) is 3.40. The predicted octanol–water partition coefficient (Wildman–Crippen LogP) is 7.38. The summed E-state index contributed by atoms with van der Waals surface area (Å²) in [6, 6.07) is 0. The number of ether oxygens (including phenoxy) is 2. The Morgan fingerprint density at radius 1 is 0.742 bits per heavy atom. The van der Waals surface area contributed by atoms with Gasteiger partial charge >= 0.3 is 11.9 Å². The van der Waals surface area contributed by atoms with Gasteiger partial charge in [-0.1, -0.05) is 104 Å². The molecule has 31 heavy (non-hydrogen) atoms. The fraction of sp³-hybridized carbons (Fsp3) is 0.852. The van der Waals surface area contributed by atoms with Crippen LogP contribution in [-0.4, -0.2) is 24.6 Å². The van der Waals surface area contributed by atoms with Gasteiger partial charge in [0.25, 0.3) is 0 Å². The van der Waals surface area contributed by atoms with Crippen molar-refractivity contribution in [1.29, 1.82) is 0 Å². The highest BCUT2D eigenvalue weighted by molar-refractivity contribution is 5.72. The van der Waals surface area contributed by atoms with E-state index < -0.39 is 0 Å². The minimum Gasteiger partial charge on any atom is -0.466 e. The van der Waals surface area contributed by atoms with Crippen LogP contribution in [0.15, 0.2) is 0 Å². The van der Waals surface area contributed by atoms with Gasteiger partial charge in [-0.05, 0) is 25.2 Å². The highest BCUT2D eigenvalue weighted by Crippen LogP contribution is 2.12. The van der Waals surface area contributed by atoms with Gasteiger partial charge in [0.15, 0.2) is 6.10 Å². The molecule has 0 saturated carbocycles. The summed E-state index contributed by atoms with van der Waals surface area (Å²) in [4.78, 5) is 23.8. The van der Waals surface area contributed by atoms with Crippen LogP contribution < -0.4 is 0 Å². The second-order valence-electron chi connectivity index (χ2n) is 8.89. The van der Waals surface area contributed by atoms with Gasteiger partial charge in [0.05, 0.1) is 6.61 Å². The van der Waals surface area contributed by atoms with Crippen molar-refractivity contribution < 1.29 is 19.1 Å². The molecule has 0 saturated heterocycles. The van der Waals surface area contributed by atoms with E-state index in [1.165, 1.54) is 57.8 Å². The van der Waals surface area contributed by atoms with E-state index >= 15 is 0 Å². The standard InChI is InChI=1S/C27H48O4/c1-5-7-9-10-11-12-13-14-15-16-17-22-30-26(28)20-18-21-27(29)31-25(19-8-6-2)23-24(3)4/h24-25H,5-7,9-18,20-23H2,1-4H3. The molecule has 1 atom stereocenters. The maximum absolute atomic E-state index is 12.0. The fourth-order valence-electron chi connectivity index (χ4n) is 3.40. The Hall–Kier alpha value is -1.50. The van der Waals surface area contributed by atoms with Crippen molar-refractivity contribution in [3.8, 4) is 11.8 Å². The number of rotatable bonds is 19. The highest BCUT2D eigenvalue weighted by Gasteiger charge is 2.14. The van der Waals surface area contributed by atoms with E-state index in [2.05, 4.69) is 32.6 Å². The molecule has 4 heteroatoms. The molecule has 0 spiro atoms. The van der Waals surface area contributed by atoms with Crippen molar-refractivity contribution in [3.63, 3.8) is 0 Å². The van der Waals surface area contributed by atoms with Crippen molar-refractivity contribution in [3.05, 3.63) is 0 Å². The Balaban J connectivity index is 3.63. The van der Waals surface area contributed by atoms with E-state index in [-0.39, 0.29) is 30.9 Å². The van der Waals surface area contributed by atoms with Crippen LogP contribution in [-0.2, 0) is 19.1 Å². The smallest absolute Gasteiger partial charge is 0.307 e. The maximum atomic E-state index is 12.0. The molecular weight excluding hydrogens is 388 g/mol. The van der Waals surface area contributed by atoms with E-state index in [1.807, 2.05) is 6.92 Å². The third kappa shape index (κ3) is 21.5. The molecule has 0 aliphatic heterocycles. The number of esters is 2. The SMILES string of the molecule is CCC#CC(CC(C)C)OC(=O)CCCC(=O)OCCCCCCCCCCCCC. The minimum absolute atomic E-state index is 0.218. The van der Waals surface area contributed by atoms with Gasteiger partial charge in [0.1, 0.15) is 0 Å². The maximum Gasteiger partial charge on any atom is 0.307 e. The summed E-state index contributed by atoms with van der Waals surface area (Å²) in [7, 11) is 0. The Bertz CT molecular complexity index is 501.